The van der Waals surface area contributed by atoms with Gasteiger partial charge in [0.15, 0.2) is 5.78 Å². The smallest absolute Gasteiger partial charge is 0.232 e. The highest BCUT2D eigenvalue weighted by Gasteiger charge is 2.48. The van der Waals surface area contributed by atoms with Gasteiger partial charge in [-0.3, -0.25) is 9.59 Å². The Morgan fingerprint density at radius 2 is 1.70 bits per heavy atom. The molecular formula is C22H27N3O2. The lowest BCUT2D eigenvalue weighted by Crippen LogP contribution is -2.49. The average Bonchev–Trinajstić information content (AvgIpc) is 3.18. The molecule has 1 amide bonds. The predicted molar refractivity (Wildman–Crippen MR) is 107 cm³/mol. The number of primary amides is 1. The molecule has 27 heavy (non-hydrogen) atoms. The summed E-state index contributed by atoms with van der Waals surface area (Å²) in [4.78, 5) is 27.1. The quantitative estimate of drug-likeness (QED) is 0.734. The van der Waals surface area contributed by atoms with Crippen LogP contribution in [0.15, 0.2) is 54.6 Å². The van der Waals surface area contributed by atoms with Gasteiger partial charge in [0, 0.05) is 5.56 Å². The van der Waals surface area contributed by atoms with E-state index in [1.807, 2.05) is 73.6 Å². The molecule has 1 aliphatic rings. The van der Waals surface area contributed by atoms with Gasteiger partial charge in [-0.15, -0.1) is 0 Å². The minimum atomic E-state index is -0.909. The molecule has 0 aromatic heterocycles. The van der Waals surface area contributed by atoms with Crippen LogP contribution in [0.1, 0.15) is 27.9 Å². The van der Waals surface area contributed by atoms with E-state index in [0.717, 1.165) is 30.6 Å². The average molecular weight is 365 g/mol. The Labute approximate surface area is 160 Å². The summed E-state index contributed by atoms with van der Waals surface area (Å²) < 4.78 is 0. The van der Waals surface area contributed by atoms with Crippen LogP contribution in [0.25, 0.3) is 0 Å². The number of nitrogens with zero attached hydrogens (tertiary/aromatic N) is 1. The molecule has 1 heterocycles. The summed E-state index contributed by atoms with van der Waals surface area (Å²) in [7, 11) is 3.74. The number of likely N-dealkylation sites (N-methyl/N-ethyl adjacent to an activating group) is 1. The first-order valence-corrected chi connectivity index (χ1v) is 9.31. The van der Waals surface area contributed by atoms with Crippen LogP contribution in [0, 0.1) is 5.92 Å². The molecule has 1 fully saturated rings. The molecule has 1 saturated heterocycles. The normalized spacial score (nSPS) is 19.0. The second-order valence-electron chi connectivity index (χ2n) is 7.47. The van der Waals surface area contributed by atoms with E-state index in [2.05, 4.69) is 5.32 Å². The van der Waals surface area contributed by atoms with Crippen molar-refractivity contribution < 1.29 is 9.59 Å². The summed E-state index contributed by atoms with van der Waals surface area (Å²) in [5, 5.41) is 3.36. The van der Waals surface area contributed by atoms with Gasteiger partial charge in [0.1, 0.15) is 5.41 Å². The van der Waals surface area contributed by atoms with Gasteiger partial charge < -0.3 is 16.0 Å². The highest BCUT2D eigenvalue weighted by molar-refractivity contribution is 5.98. The molecule has 5 nitrogen and oxygen atoms in total. The first kappa shape index (κ1) is 19.3. The van der Waals surface area contributed by atoms with Gasteiger partial charge >= 0.3 is 0 Å². The summed E-state index contributed by atoms with van der Waals surface area (Å²) in [6, 6.07) is 17.1. The fourth-order valence-corrected chi connectivity index (χ4v) is 4.15. The summed E-state index contributed by atoms with van der Waals surface area (Å²) in [6.07, 6.45) is 0.874. The number of ketones is 1. The summed E-state index contributed by atoms with van der Waals surface area (Å²) in [6.45, 7) is 1.95. The number of benzene rings is 2. The number of nitrogens with one attached hydrogen (secondary N) is 1. The zero-order valence-corrected chi connectivity index (χ0v) is 15.9. The largest absolute Gasteiger partial charge is 0.369 e. The molecule has 0 bridgehead atoms. The lowest BCUT2D eigenvalue weighted by Gasteiger charge is -2.37. The summed E-state index contributed by atoms with van der Waals surface area (Å²) >= 11 is 0. The number of carbonyl (C=O) groups is 2. The Balaban J connectivity index is 2.08. The minimum Gasteiger partial charge on any atom is -0.369 e. The van der Waals surface area contributed by atoms with Gasteiger partial charge in [-0.05, 0) is 50.7 Å². The lowest BCUT2D eigenvalue weighted by atomic mass is 9.64. The van der Waals surface area contributed by atoms with Gasteiger partial charge in [0.05, 0.1) is 6.54 Å². The van der Waals surface area contributed by atoms with Crippen LogP contribution in [0.2, 0.25) is 0 Å². The van der Waals surface area contributed by atoms with E-state index in [0.29, 0.717) is 12.1 Å². The van der Waals surface area contributed by atoms with Crippen molar-refractivity contribution in [2.75, 3.05) is 33.7 Å². The third-order valence-electron chi connectivity index (χ3n) is 5.41. The van der Waals surface area contributed by atoms with Crippen LogP contribution in [-0.2, 0) is 10.2 Å². The molecule has 2 unspecified atom stereocenters. The zero-order valence-electron chi connectivity index (χ0n) is 15.9. The Morgan fingerprint density at radius 1 is 1.07 bits per heavy atom. The van der Waals surface area contributed by atoms with E-state index >= 15 is 0 Å². The maximum Gasteiger partial charge on any atom is 0.232 e. The maximum absolute atomic E-state index is 12.9. The Hall–Kier alpha value is -2.50. The van der Waals surface area contributed by atoms with E-state index in [1.54, 1.807) is 0 Å². The third kappa shape index (κ3) is 3.66. The fraction of sp³-hybridized carbons (Fsp3) is 0.364. The molecular weight excluding hydrogens is 338 g/mol. The van der Waals surface area contributed by atoms with Gasteiger partial charge in [-0.2, -0.15) is 0 Å². The van der Waals surface area contributed by atoms with E-state index < -0.39 is 5.41 Å². The van der Waals surface area contributed by atoms with Crippen LogP contribution in [-0.4, -0.2) is 50.3 Å². The van der Waals surface area contributed by atoms with Crippen molar-refractivity contribution in [1.82, 2.24) is 10.2 Å². The number of amides is 1. The van der Waals surface area contributed by atoms with Crippen molar-refractivity contribution >= 4 is 11.7 Å². The number of hydrogen-bond donors (Lipinski definition) is 2. The molecule has 2 atom stereocenters. The van der Waals surface area contributed by atoms with Gasteiger partial charge in [-0.1, -0.05) is 54.6 Å². The number of rotatable bonds is 7. The molecule has 0 radical (unpaired) electrons. The number of Topliss-reactive ketones (excluding diaryl/α,β-unsaturated/α-hetero) is 1. The summed E-state index contributed by atoms with van der Waals surface area (Å²) in [5.41, 5.74) is 7.52. The standard InChI is InChI=1S/C22H27N3O2/c1-25(2)15-20(26)16-8-10-18(11-9-16)22(21(23)27,19-12-13-24-14-19)17-6-4-3-5-7-17/h3-11,19,24H,12-15H2,1-2H3,(H2,23,27). The van der Waals surface area contributed by atoms with E-state index in [1.165, 1.54) is 0 Å². The fourth-order valence-electron chi connectivity index (χ4n) is 4.15. The zero-order chi connectivity index (χ0) is 19.4. The monoisotopic (exact) mass is 365 g/mol. The molecule has 0 spiro atoms. The minimum absolute atomic E-state index is 0.0541. The van der Waals surface area contributed by atoms with E-state index in [-0.39, 0.29) is 17.6 Å². The van der Waals surface area contributed by atoms with Crippen LogP contribution in [0.4, 0.5) is 0 Å². The van der Waals surface area contributed by atoms with Crippen molar-refractivity contribution in [3.8, 4) is 0 Å². The van der Waals surface area contributed by atoms with Crippen LogP contribution in [0.5, 0.6) is 0 Å². The highest BCUT2D eigenvalue weighted by atomic mass is 16.1. The summed E-state index contributed by atoms with van der Waals surface area (Å²) in [5.74, 6) is -0.228. The van der Waals surface area contributed by atoms with Crippen LogP contribution >= 0.6 is 0 Å². The van der Waals surface area contributed by atoms with Gasteiger partial charge in [-0.25, -0.2) is 0 Å². The Bertz CT molecular complexity index is 796. The van der Waals surface area contributed by atoms with Crippen molar-refractivity contribution in [2.45, 2.75) is 11.8 Å². The number of hydrogen-bond acceptors (Lipinski definition) is 4. The molecule has 142 valence electrons. The van der Waals surface area contributed by atoms with E-state index in [4.69, 9.17) is 5.73 Å². The first-order valence-electron chi connectivity index (χ1n) is 9.31. The number of nitrogens with two attached hydrogens (primary N) is 1. The molecule has 3 N–H and O–H groups in total. The molecule has 1 aliphatic heterocycles. The van der Waals surface area contributed by atoms with Crippen LogP contribution < -0.4 is 11.1 Å². The molecule has 2 aromatic rings. The Kier molecular flexibility index (Phi) is 5.73. The van der Waals surface area contributed by atoms with Crippen molar-refractivity contribution in [1.29, 1.82) is 0 Å². The van der Waals surface area contributed by atoms with Gasteiger partial charge in [0.25, 0.3) is 0 Å². The second-order valence-corrected chi connectivity index (χ2v) is 7.47. The van der Waals surface area contributed by atoms with Crippen molar-refractivity contribution in [2.24, 2.45) is 11.7 Å². The number of carbonyl (C=O) groups excluding carboxylic acids is 2. The van der Waals surface area contributed by atoms with Gasteiger partial charge in [0.2, 0.25) is 5.91 Å². The molecule has 5 heteroatoms. The molecule has 2 aromatic carbocycles. The highest BCUT2D eigenvalue weighted by Crippen LogP contribution is 2.42. The lowest BCUT2D eigenvalue weighted by molar-refractivity contribution is -0.123. The van der Waals surface area contributed by atoms with E-state index in [9.17, 15) is 9.59 Å². The SMILES string of the molecule is CN(C)CC(=O)c1ccc(C(C(N)=O)(c2ccccc2)C2CCNC2)cc1. The molecule has 0 saturated carbocycles. The molecule has 0 aliphatic carbocycles. The second kappa shape index (κ2) is 8.03. The van der Waals surface area contributed by atoms with Crippen molar-refractivity contribution in [3.63, 3.8) is 0 Å². The first-order chi connectivity index (χ1) is 13.0. The predicted octanol–water partition coefficient (Wildman–Crippen LogP) is 1.81. The third-order valence-corrected chi connectivity index (χ3v) is 5.41. The van der Waals surface area contributed by atoms with Crippen molar-refractivity contribution in [3.05, 3.63) is 71.3 Å². The topological polar surface area (TPSA) is 75.4 Å². The molecule has 3 rings (SSSR count). The Morgan fingerprint density at radius 3 is 2.22 bits per heavy atom. The maximum atomic E-state index is 12.9. The van der Waals surface area contributed by atoms with Crippen LogP contribution in [0.3, 0.4) is 0 Å².